The Bertz CT molecular complexity index is 1560. The Labute approximate surface area is 250 Å². The molecule has 1 unspecified atom stereocenters. The summed E-state index contributed by atoms with van der Waals surface area (Å²) in [7, 11) is 0.163. The predicted molar refractivity (Wildman–Crippen MR) is 159 cm³/mol. The topological polar surface area (TPSA) is 85.7 Å². The molecule has 0 spiro atoms. The fourth-order valence-corrected chi connectivity index (χ4v) is 6.72. The van der Waals surface area contributed by atoms with Crippen molar-refractivity contribution in [2.75, 3.05) is 20.2 Å². The van der Waals surface area contributed by atoms with Crippen molar-refractivity contribution in [2.45, 2.75) is 78.1 Å². The summed E-state index contributed by atoms with van der Waals surface area (Å²) < 4.78 is 55.1. The number of alkyl halides is 3. The monoisotopic (exact) mass is 616 g/mol. The molecule has 43 heavy (non-hydrogen) atoms. The van der Waals surface area contributed by atoms with Gasteiger partial charge in [0.2, 0.25) is 5.91 Å². The number of ether oxygens (including phenoxy) is 2. The van der Waals surface area contributed by atoms with E-state index < -0.39 is 25.7 Å². The molecule has 0 fully saturated rings. The zero-order chi connectivity index (χ0) is 31.3. The highest BCUT2D eigenvalue weighted by Crippen LogP contribution is 2.43. The molecule has 0 saturated heterocycles. The highest BCUT2D eigenvalue weighted by Gasteiger charge is 2.39. The Morgan fingerprint density at radius 1 is 1.19 bits per heavy atom. The Morgan fingerprint density at radius 2 is 1.93 bits per heavy atom. The van der Waals surface area contributed by atoms with Crippen molar-refractivity contribution >= 4 is 30.9 Å². The smallest absolute Gasteiger partial charge is 0.372 e. The number of carbonyl (C=O) groups excluding carboxylic acids is 2. The van der Waals surface area contributed by atoms with Crippen LogP contribution in [0.3, 0.4) is 0 Å². The standard InChI is InChI=1S/C31H39F3N4O4Si/c1-18(2)30(40)37-13-19-11-21(31(32,33)34)7-8-22(19)23(14-37)25-26-27(24-16-42-15-20(24)12-36-26)38(28(25)29(39)35-3)17-41-9-10-43(4,5)6/h7-8,11-12,18,23H,9-10,13-17H2,1-6H3,(H,35,39). The molecule has 4 heterocycles. The Balaban J connectivity index is 1.74. The van der Waals surface area contributed by atoms with Gasteiger partial charge in [0.15, 0.2) is 0 Å². The molecule has 0 saturated carbocycles. The summed E-state index contributed by atoms with van der Waals surface area (Å²) in [6.45, 7) is 11.9. The normalized spacial score (nSPS) is 17.0. The molecule has 0 radical (unpaired) electrons. The molecular formula is C31H39F3N4O4Si. The summed E-state index contributed by atoms with van der Waals surface area (Å²) in [5.74, 6) is -1.49. The number of fused-ring (bicyclic) bond motifs is 4. The number of hydrogen-bond acceptors (Lipinski definition) is 5. The van der Waals surface area contributed by atoms with E-state index in [0.717, 1.165) is 34.8 Å². The van der Waals surface area contributed by atoms with Gasteiger partial charge < -0.3 is 24.3 Å². The minimum Gasteiger partial charge on any atom is -0.372 e. The molecule has 0 bridgehead atoms. The molecule has 12 heteroatoms. The van der Waals surface area contributed by atoms with Crippen LogP contribution in [0.1, 0.15) is 63.6 Å². The first-order valence-corrected chi connectivity index (χ1v) is 18.3. The lowest BCUT2D eigenvalue weighted by atomic mass is 9.82. The van der Waals surface area contributed by atoms with Gasteiger partial charge in [-0.25, -0.2) is 0 Å². The van der Waals surface area contributed by atoms with Crippen molar-refractivity contribution in [1.82, 2.24) is 19.8 Å². The van der Waals surface area contributed by atoms with Gasteiger partial charge in [0.05, 0.1) is 29.8 Å². The highest BCUT2D eigenvalue weighted by molar-refractivity contribution is 6.76. The number of aromatic nitrogens is 2. The SMILES string of the molecule is CNC(=O)c1c(C2CN(C(=O)C(C)C)Cc3cc(C(F)(F)F)ccc32)c2ncc3c(c2n1COCC[Si](C)(C)C)COC3. The van der Waals surface area contributed by atoms with E-state index in [1.807, 2.05) is 4.57 Å². The molecule has 8 nitrogen and oxygen atoms in total. The van der Waals surface area contributed by atoms with Crippen LogP contribution in [0.5, 0.6) is 0 Å². The average molecular weight is 617 g/mol. The van der Waals surface area contributed by atoms with Gasteiger partial charge in [-0.1, -0.05) is 39.6 Å². The number of carbonyl (C=O) groups is 2. The molecule has 2 aliphatic heterocycles. The molecular weight excluding hydrogens is 577 g/mol. The van der Waals surface area contributed by atoms with Gasteiger partial charge in [-0.2, -0.15) is 13.2 Å². The van der Waals surface area contributed by atoms with Crippen molar-refractivity contribution < 1.29 is 32.2 Å². The molecule has 232 valence electrons. The van der Waals surface area contributed by atoms with Crippen LogP contribution >= 0.6 is 0 Å². The van der Waals surface area contributed by atoms with Crippen LogP contribution in [-0.4, -0.2) is 54.5 Å². The summed E-state index contributed by atoms with van der Waals surface area (Å²) in [4.78, 5) is 33.4. The van der Waals surface area contributed by atoms with E-state index in [1.54, 1.807) is 32.0 Å². The molecule has 1 N–H and O–H groups in total. The largest absolute Gasteiger partial charge is 0.416 e. The van der Waals surface area contributed by atoms with Crippen LogP contribution in [0, 0.1) is 5.92 Å². The molecule has 0 aliphatic carbocycles. The molecule has 3 aromatic rings. The van der Waals surface area contributed by atoms with Gasteiger partial charge in [-0.05, 0) is 29.3 Å². The lowest BCUT2D eigenvalue weighted by molar-refractivity contribution is -0.137. The van der Waals surface area contributed by atoms with Gasteiger partial charge >= 0.3 is 6.18 Å². The third kappa shape index (κ3) is 6.09. The maximum Gasteiger partial charge on any atom is 0.416 e. The minimum absolute atomic E-state index is 0.0528. The van der Waals surface area contributed by atoms with Crippen LogP contribution in [-0.2, 0) is 46.9 Å². The summed E-state index contributed by atoms with van der Waals surface area (Å²) in [5, 5.41) is 2.75. The number of rotatable bonds is 8. The van der Waals surface area contributed by atoms with E-state index in [2.05, 4.69) is 25.0 Å². The Kier molecular flexibility index (Phi) is 8.49. The second-order valence-electron chi connectivity index (χ2n) is 12.9. The molecule has 2 aromatic heterocycles. The molecule has 2 aliphatic rings. The van der Waals surface area contributed by atoms with Gasteiger partial charge in [-0.15, -0.1) is 0 Å². The lowest BCUT2D eigenvalue weighted by Crippen LogP contribution is -2.41. The summed E-state index contributed by atoms with van der Waals surface area (Å²) in [6.07, 6.45) is -2.79. The average Bonchev–Trinajstić information content (AvgIpc) is 3.55. The maximum absolute atomic E-state index is 13.8. The van der Waals surface area contributed by atoms with E-state index in [9.17, 15) is 22.8 Å². The van der Waals surface area contributed by atoms with Crippen molar-refractivity contribution in [3.05, 3.63) is 63.5 Å². The Morgan fingerprint density at radius 3 is 2.58 bits per heavy atom. The van der Waals surface area contributed by atoms with Crippen LogP contribution in [0.25, 0.3) is 11.0 Å². The maximum atomic E-state index is 13.8. The van der Waals surface area contributed by atoms with Crippen LogP contribution < -0.4 is 5.32 Å². The highest BCUT2D eigenvalue weighted by atomic mass is 28.3. The van der Waals surface area contributed by atoms with Crippen LogP contribution in [0.4, 0.5) is 13.2 Å². The zero-order valence-corrected chi connectivity index (χ0v) is 26.5. The van der Waals surface area contributed by atoms with Gasteiger partial charge in [0, 0.05) is 69.5 Å². The van der Waals surface area contributed by atoms with E-state index in [4.69, 9.17) is 14.5 Å². The number of benzene rings is 1. The molecule has 1 atom stereocenters. The fourth-order valence-electron chi connectivity index (χ4n) is 5.97. The molecule has 5 rings (SSSR count). The first-order chi connectivity index (χ1) is 20.2. The molecule has 1 aromatic carbocycles. The fraction of sp³-hybridized carbons (Fsp3) is 0.516. The quantitative estimate of drug-likeness (QED) is 0.252. The van der Waals surface area contributed by atoms with Crippen molar-refractivity contribution in [2.24, 2.45) is 5.92 Å². The van der Waals surface area contributed by atoms with E-state index in [-0.39, 0.29) is 37.6 Å². The number of halogens is 3. The van der Waals surface area contributed by atoms with Crippen LogP contribution in [0.15, 0.2) is 24.4 Å². The predicted octanol–water partition coefficient (Wildman–Crippen LogP) is 5.89. The number of pyridine rings is 1. The number of nitrogens with one attached hydrogen (secondary N) is 1. The molecule has 2 amide bonds. The van der Waals surface area contributed by atoms with Gasteiger partial charge in [0.25, 0.3) is 5.91 Å². The summed E-state index contributed by atoms with van der Waals surface area (Å²) in [6, 6.07) is 4.62. The summed E-state index contributed by atoms with van der Waals surface area (Å²) in [5.41, 5.74) is 4.27. The number of hydrogen-bond donors (Lipinski definition) is 1. The second kappa shape index (κ2) is 11.7. The van der Waals surface area contributed by atoms with E-state index in [0.29, 0.717) is 47.7 Å². The van der Waals surface area contributed by atoms with Crippen molar-refractivity contribution in [1.29, 1.82) is 0 Å². The third-order valence-corrected chi connectivity index (χ3v) is 9.93. The third-order valence-electron chi connectivity index (χ3n) is 8.22. The van der Waals surface area contributed by atoms with E-state index >= 15 is 0 Å². The van der Waals surface area contributed by atoms with Crippen molar-refractivity contribution in [3.8, 4) is 0 Å². The zero-order valence-electron chi connectivity index (χ0n) is 25.5. The van der Waals surface area contributed by atoms with Gasteiger partial charge in [-0.3, -0.25) is 14.6 Å². The van der Waals surface area contributed by atoms with E-state index in [1.165, 1.54) is 6.07 Å². The number of nitrogens with zero attached hydrogens (tertiary/aromatic N) is 3. The Hall–Kier alpha value is -3.22. The lowest BCUT2D eigenvalue weighted by Gasteiger charge is -2.36. The summed E-state index contributed by atoms with van der Waals surface area (Å²) >= 11 is 0. The second-order valence-corrected chi connectivity index (χ2v) is 18.5. The first kappa shape index (κ1) is 31.2. The number of amides is 2. The van der Waals surface area contributed by atoms with Crippen molar-refractivity contribution in [3.63, 3.8) is 0 Å². The first-order valence-electron chi connectivity index (χ1n) is 14.6. The van der Waals surface area contributed by atoms with Crippen LogP contribution in [0.2, 0.25) is 25.7 Å². The minimum atomic E-state index is -4.53. The van der Waals surface area contributed by atoms with Gasteiger partial charge in [0.1, 0.15) is 12.4 Å².